The number of aromatic nitrogens is 1. The summed E-state index contributed by atoms with van der Waals surface area (Å²) in [5.41, 5.74) is 12.4. The highest BCUT2D eigenvalue weighted by Crippen LogP contribution is 2.51. The maximum absolute atomic E-state index is 2.49. The lowest BCUT2D eigenvalue weighted by Gasteiger charge is -2.25. The molecule has 0 fully saturated rings. The fourth-order valence-electron chi connectivity index (χ4n) is 7.60. The number of benzene rings is 7. The second-order valence-corrected chi connectivity index (χ2v) is 12.6. The number of para-hydroxylation sites is 2. The number of hydrogen-bond donors (Lipinski definition) is 0. The average Bonchev–Trinajstić information content (AvgIpc) is 3.52. The van der Waals surface area contributed by atoms with E-state index in [4.69, 9.17) is 0 Å². The zero-order valence-corrected chi connectivity index (χ0v) is 25.4. The summed E-state index contributed by atoms with van der Waals surface area (Å²) in [7, 11) is 0. The highest BCUT2D eigenvalue weighted by molar-refractivity contribution is 6.13. The summed E-state index contributed by atoms with van der Waals surface area (Å²) in [6, 6.07) is 57.5. The summed E-state index contributed by atoms with van der Waals surface area (Å²) in [6.45, 7) is 4.73. The van der Waals surface area contributed by atoms with Crippen molar-refractivity contribution in [1.82, 2.24) is 4.57 Å². The van der Waals surface area contributed by atoms with E-state index in [1.807, 2.05) is 0 Å². The van der Waals surface area contributed by atoms with Gasteiger partial charge in [0, 0.05) is 38.6 Å². The molecule has 0 spiro atoms. The monoisotopic (exact) mass is 576 g/mol. The first-order valence-electron chi connectivity index (χ1n) is 15.7. The fourth-order valence-corrected chi connectivity index (χ4v) is 7.60. The molecular weight excluding hydrogens is 544 g/mol. The molecule has 0 atom stereocenters. The molecule has 2 heteroatoms. The number of hydrogen-bond acceptors (Lipinski definition) is 1. The molecular formula is C43H32N2. The first kappa shape index (κ1) is 25.9. The van der Waals surface area contributed by atoms with Crippen molar-refractivity contribution in [3.63, 3.8) is 0 Å². The Kier molecular flexibility index (Phi) is 5.58. The lowest BCUT2D eigenvalue weighted by molar-refractivity contribution is 0.661. The van der Waals surface area contributed by atoms with Crippen LogP contribution in [0.4, 0.5) is 17.1 Å². The van der Waals surface area contributed by atoms with E-state index in [0.29, 0.717) is 0 Å². The molecule has 1 aromatic heterocycles. The van der Waals surface area contributed by atoms with Crippen molar-refractivity contribution in [2.45, 2.75) is 19.3 Å². The van der Waals surface area contributed by atoms with Crippen LogP contribution >= 0.6 is 0 Å². The minimum Gasteiger partial charge on any atom is -0.310 e. The maximum Gasteiger partial charge on any atom is 0.0547 e. The van der Waals surface area contributed by atoms with Crippen LogP contribution in [0.25, 0.3) is 49.4 Å². The van der Waals surface area contributed by atoms with Gasteiger partial charge in [-0.1, -0.05) is 111 Å². The number of anilines is 3. The molecule has 2 nitrogen and oxygen atoms in total. The Hall–Kier alpha value is -5.60. The summed E-state index contributed by atoms with van der Waals surface area (Å²) in [5.74, 6) is 0. The first-order chi connectivity index (χ1) is 22.1. The minimum absolute atomic E-state index is 0.0777. The molecule has 1 aliphatic rings. The van der Waals surface area contributed by atoms with Crippen molar-refractivity contribution >= 4 is 49.6 Å². The van der Waals surface area contributed by atoms with Gasteiger partial charge < -0.3 is 9.47 Å². The molecule has 0 amide bonds. The van der Waals surface area contributed by atoms with Crippen molar-refractivity contribution in [2.75, 3.05) is 4.90 Å². The third-order valence-corrected chi connectivity index (χ3v) is 9.75. The zero-order chi connectivity index (χ0) is 30.1. The Morgan fingerprint density at radius 2 is 1.09 bits per heavy atom. The molecule has 0 unspecified atom stereocenters. The predicted molar refractivity (Wildman–Crippen MR) is 191 cm³/mol. The molecule has 1 aliphatic carbocycles. The fraction of sp³-hybridized carbons (Fsp3) is 0.0698. The second kappa shape index (κ2) is 9.70. The van der Waals surface area contributed by atoms with Gasteiger partial charge in [0.1, 0.15) is 0 Å². The van der Waals surface area contributed by atoms with Crippen molar-refractivity contribution in [2.24, 2.45) is 0 Å². The first-order valence-corrected chi connectivity index (χ1v) is 15.7. The smallest absolute Gasteiger partial charge is 0.0547 e. The van der Waals surface area contributed by atoms with Gasteiger partial charge in [0.15, 0.2) is 0 Å². The molecule has 0 aliphatic heterocycles. The third kappa shape index (κ3) is 3.82. The summed E-state index contributed by atoms with van der Waals surface area (Å²) in [6.07, 6.45) is 0. The van der Waals surface area contributed by atoms with E-state index in [1.54, 1.807) is 0 Å². The van der Waals surface area contributed by atoms with E-state index in [9.17, 15) is 0 Å². The standard InChI is InChI=1S/C43H32N2/c1-43(2)38-22-12-11-21-34(38)35-28-42-37(27-39(35)43)36-26-32(44(30-16-5-3-6-17-30)31-18-7-4-8-19-31)24-25-41(36)45(42)40-23-13-15-29-14-9-10-20-33(29)40/h3-28H,1-2H3. The molecule has 45 heavy (non-hydrogen) atoms. The van der Waals surface area contributed by atoms with E-state index >= 15 is 0 Å². The number of nitrogens with zero attached hydrogens (tertiary/aromatic N) is 2. The van der Waals surface area contributed by atoms with Crippen molar-refractivity contribution in [3.8, 4) is 16.8 Å². The Labute approximate surface area is 263 Å². The molecule has 0 N–H and O–H groups in total. The molecule has 0 radical (unpaired) electrons. The van der Waals surface area contributed by atoms with Gasteiger partial charge in [-0.25, -0.2) is 0 Å². The van der Waals surface area contributed by atoms with Gasteiger partial charge in [-0.05, 0) is 88.3 Å². The van der Waals surface area contributed by atoms with Gasteiger partial charge in [0.05, 0.1) is 16.7 Å². The molecule has 0 bridgehead atoms. The normalized spacial score (nSPS) is 13.3. The molecule has 9 rings (SSSR count). The Balaban J connectivity index is 1.39. The Bertz CT molecular complexity index is 2350. The van der Waals surface area contributed by atoms with Crippen molar-refractivity contribution < 1.29 is 0 Å². The lowest BCUT2D eigenvalue weighted by atomic mass is 9.82. The largest absolute Gasteiger partial charge is 0.310 e. The molecule has 7 aromatic carbocycles. The van der Waals surface area contributed by atoms with E-state index < -0.39 is 0 Å². The van der Waals surface area contributed by atoms with Gasteiger partial charge in [0.2, 0.25) is 0 Å². The van der Waals surface area contributed by atoms with Crippen LogP contribution < -0.4 is 4.90 Å². The van der Waals surface area contributed by atoms with Crippen LogP contribution in [0, 0.1) is 0 Å². The van der Waals surface area contributed by atoms with Crippen LogP contribution in [0.2, 0.25) is 0 Å². The summed E-state index contributed by atoms with van der Waals surface area (Å²) in [4.78, 5) is 2.35. The van der Waals surface area contributed by atoms with Crippen LogP contribution in [-0.4, -0.2) is 4.57 Å². The number of fused-ring (bicyclic) bond motifs is 7. The minimum atomic E-state index is -0.0777. The van der Waals surface area contributed by atoms with Crippen LogP contribution in [0.3, 0.4) is 0 Å². The number of rotatable bonds is 4. The van der Waals surface area contributed by atoms with Crippen LogP contribution in [0.15, 0.2) is 158 Å². The zero-order valence-electron chi connectivity index (χ0n) is 25.4. The quantitative estimate of drug-likeness (QED) is 0.202. The predicted octanol–water partition coefficient (Wildman–Crippen LogP) is 11.7. The van der Waals surface area contributed by atoms with Crippen LogP contribution in [-0.2, 0) is 5.41 Å². The van der Waals surface area contributed by atoms with Gasteiger partial charge in [-0.15, -0.1) is 0 Å². The Morgan fingerprint density at radius 3 is 1.87 bits per heavy atom. The molecule has 0 saturated carbocycles. The van der Waals surface area contributed by atoms with E-state index in [-0.39, 0.29) is 5.41 Å². The highest BCUT2D eigenvalue weighted by Gasteiger charge is 2.36. The molecule has 0 saturated heterocycles. The van der Waals surface area contributed by atoms with Gasteiger partial charge >= 0.3 is 0 Å². The van der Waals surface area contributed by atoms with Gasteiger partial charge in [-0.3, -0.25) is 0 Å². The van der Waals surface area contributed by atoms with Crippen molar-refractivity contribution in [3.05, 3.63) is 169 Å². The topological polar surface area (TPSA) is 8.17 Å². The summed E-state index contributed by atoms with van der Waals surface area (Å²) in [5, 5.41) is 5.02. The van der Waals surface area contributed by atoms with E-state index in [1.165, 1.54) is 60.5 Å². The van der Waals surface area contributed by atoms with Gasteiger partial charge in [-0.2, -0.15) is 0 Å². The van der Waals surface area contributed by atoms with Crippen molar-refractivity contribution in [1.29, 1.82) is 0 Å². The highest BCUT2D eigenvalue weighted by atomic mass is 15.1. The maximum atomic E-state index is 2.49. The van der Waals surface area contributed by atoms with E-state index in [0.717, 1.165) is 17.1 Å². The van der Waals surface area contributed by atoms with Gasteiger partial charge in [0.25, 0.3) is 0 Å². The third-order valence-electron chi connectivity index (χ3n) is 9.75. The average molecular weight is 577 g/mol. The second-order valence-electron chi connectivity index (χ2n) is 12.6. The summed E-state index contributed by atoms with van der Waals surface area (Å²) < 4.78 is 2.49. The molecule has 1 heterocycles. The van der Waals surface area contributed by atoms with Crippen LogP contribution in [0.5, 0.6) is 0 Å². The molecule has 214 valence electrons. The lowest BCUT2D eigenvalue weighted by Crippen LogP contribution is -2.14. The SMILES string of the molecule is CC1(C)c2ccccc2-c2cc3c(cc21)c1cc(N(c2ccccc2)c2ccccc2)ccc1n3-c1cccc2ccccc12. The molecule has 8 aromatic rings. The Morgan fingerprint density at radius 1 is 0.444 bits per heavy atom. The van der Waals surface area contributed by atoms with E-state index in [2.05, 4.69) is 181 Å². The summed E-state index contributed by atoms with van der Waals surface area (Å²) >= 11 is 0. The van der Waals surface area contributed by atoms with Crippen LogP contribution in [0.1, 0.15) is 25.0 Å².